The van der Waals surface area contributed by atoms with Crippen LogP contribution in [0.25, 0.3) is 10.8 Å². The molecule has 0 aliphatic rings. The first-order valence-electron chi connectivity index (χ1n) is 7.54. The molecule has 1 amide bonds. The van der Waals surface area contributed by atoms with Gasteiger partial charge in [0.1, 0.15) is 5.71 Å². The Kier molecular flexibility index (Phi) is 4.87. The maximum atomic E-state index is 11.9. The zero-order chi connectivity index (χ0) is 16.9. The molecule has 0 bridgehead atoms. The molecule has 0 saturated carbocycles. The second kappa shape index (κ2) is 7.23. The first-order chi connectivity index (χ1) is 11.7. The Bertz CT molecular complexity index is 905. The fourth-order valence-electron chi connectivity index (χ4n) is 2.34. The highest BCUT2D eigenvalue weighted by molar-refractivity contribution is 6.30. The van der Waals surface area contributed by atoms with Gasteiger partial charge in [0, 0.05) is 22.2 Å². The number of pyridine rings is 1. The lowest BCUT2D eigenvalue weighted by molar-refractivity contribution is 0.163. The Morgan fingerprint density at radius 3 is 2.54 bits per heavy atom. The van der Waals surface area contributed by atoms with Gasteiger partial charge in [0.2, 0.25) is 0 Å². The van der Waals surface area contributed by atoms with E-state index < -0.39 is 6.09 Å². The number of halogens is 1. The van der Waals surface area contributed by atoms with Gasteiger partial charge in [0.25, 0.3) is 0 Å². The van der Waals surface area contributed by atoms with E-state index in [1.54, 1.807) is 37.4 Å². The molecule has 0 aliphatic carbocycles. The third-order valence-electron chi connectivity index (χ3n) is 3.46. The minimum atomic E-state index is -0.641. The largest absolute Gasteiger partial charge is 0.448 e. The van der Waals surface area contributed by atoms with Crippen molar-refractivity contribution in [3.8, 4) is 0 Å². The molecule has 0 saturated heterocycles. The highest BCUT2D eigenvalue weighted by Gasteiger charge is 2.12. The van der Waals surface area contributed by atoms with E-state index in [0.29, 0.717) is 16.4 Å². The third kappa shape index (κ3) is 3.60. The number of hydrogen-bond donors (Lipinski definition) is 0. The van der Waals surface area contributed by atoms with Crippen LogP contribution in [0.15, 0.2) is 65.8 Å². The number of fused-ring (bicyclic) bond motifs is 1. The molecule has 5 heteroatoms. The van der Waals surface area contributed by atoms with Crippen LogP contribution in [-0.2, 0) is 4.74 Å². The summed E-state index contributed by atoms with van der Waals surface area (Å²) in [4.78, 5) is 20.4. The Morgan fingerprint density at radius 1 is 1.12 bits per heavy atom. The van der Waals surface area contributed by atoms with Crippen LogP contribution in [0.2, 0.25) is 5.02 Å². The van der Waals surface area contributed by atoms with Gasteiger partial charge in [-0.05, 0) is 30.5 Å². The molecule has 0 atom stereocenters. The number of hydrogen-bond acceptors (Lipinski definition) is 3. The number of carbonyl (C=O) groups is 1. The topological polar surface area (TPSA) is 51.5 Å². The summed E-state index contributed by atoms with van der Waals surface area (Å²) in [7, 11) is 0. The number of carbonyl (C=O) groups excluding carboxylic acids is 1. The summed E-state index contributed by atoms with van der Waals surface area (Å²) >= 11 is 5.95. The number of ether oxygens (including phenoxy) is 1. The number of rotatable bonds is 3. The van der Waals surface area contributed by atoms with E-state index in [4.69, 9.17) is 16.3 Å². The molecule has 0 spiro atoms. The molecule has 0 radical (unpaired) electrons. The molecular formula is C19H15ClN2O2. The van der Waals surface area contributed by atoms with Crippen LogP contribution in [0, 0.1) is 0 Å². The second-order valence-corrected chi connectivity index (χ2v) is 5.52. The van der Waals surface area contributed by atoms with Crippen LogP contribution in [-0.4, -0.2) is 23.4 Å². The number of aliphatic imine (C=N–C) groups is 1. The van der Waals surface area contributed by atoms with Crippen molar-refractivity contribution in [3.05, 3.63) is 77.1 Å². The van der Waals surface area contributed by atoms with E-state index in [-0.39, 0.29) is 6.61 Å². The lowest BCUT2D eigenvalue weighted by atomic mass is 10.0. The molecule has 0 unspecified atom stereocenters. The maximum Gasteiger partial charge on any atom is 0.434 e. The molecule has 24 heavy (non-hydrogen) atoms. The Hall–Kier alpha value is -2.72. The van der Waals surface area contributed by atoms with E-state index in [1.165, 1.54) is 0 Å². The van der Waals surface area contributed by atoms with Crippen molar-refractivity contribution < 1.29 is 9.53 Å². The van der Waals surface area contributed by atoms with Crippen molar-refractivity contribution in [2.45, 2.75) is 6.92 Å². The monoisotopic (exact) mass is 338 g/mol. The van der Waals surface area contributed by atoms with E-state index >= 15 is 0 Å². The Balaban J connectivity index is 2.11. The molecule has 4 nitrogen and oxygen atoms in total. The van der Waals surface area contributed by atoms with Gasteiger partial charge in [-0.25, -0.2) is 4.79 Å². The van der Waals surface area contributed by atoms with Crippen molar-refractivity contribution in [1.29, 1.82) is 0 Å². The van der Waals surface area contributed by atoms with Crippen LogP contribution in [0.3, 0.4) is 0 Å². The number of amides is 1. The molecular weight excluding hydrogens is 324 g/mol. The minimum absolute atomic E-state index is 0.265. The van der Waals surface area contributed by atoms with Crippen LogP contribution < -0.4 is 0 Å². The van der Waals surface area contributed by atoms with Gasteiger partial charge in [-0.2, -0.15) is 4.99 Å². The lowest BCUT2D eigenvalue weighted by Gasteiger charge is -2.08. The van der Waals surface area contributed by atoms with Crippen LogP contribution >= 0.6 is 11.6 Å². The molecule has 3 aromatic rings. The Labute approximate surface area is 144 Å². The normalized spacial score (nSPS) is 11.5. The lowest BCUT2D eigenvalue weighted by Crippen LogP contribution is -2.10. The number of benzene rings is 2. The van der Waals surface area contributed by atoms with Crippen molar-refractivity contribution in [3.63, 3.8) is 0 Å². The summed E-state index contributed by atoms with van der Waals surface area (Å²) < 4.78 is 4.95. The average molecular weight is 339 g/mol. The molecule has 1 aromatic heterocycles. The molecule has 0 fully saturated rings. The van der Waals surface area contributed by atoms with E-state index in [1.807, 2.05) is 30.3 Å². The average Bonchev–Trinajstić information content (AvgIpc) is 2.60. The molecule has 1 heterocycles. The standard InChI is InChI=1S/C19H15ClN2O2/c1-2-24-19(23)22-18(13-7-9-16(20)10-8-13)17-11-14-5-3-4-6-15(14)12-21-17/h3-12H,2H2,1H3/b22-18-. The highest BCUT2D eigenvalue weighted by atomic mass is 35.5. The van der Waals surface area contributed by atoms with E-state index in [2.05, 4.69) is 9.98 Å². The van der Waals surface area contributed by atoms with Crippen molar-refractivity contribution >= 4 is 34.2 Å². The first kappa shape index (κ1) is 16.1. The fraction of sp³-hybridized carbons (Fsp3) is 0.105. The minimum Gasteiger partial charge on any atom is -0.448 e. The summed E-state index contributed by atoms with van der Waals surface area (Å²) in [6.07, 6.45) is 1.12. The molecule has 0 N–H and O–H groups in total. The van der Waals surface area contributed by atoms with Gasteiger partial charge in [-0.1, -0.05) is 48.0 Å². The summed E-state index contributed by atoms with van der Waals surface area (Å²) in [5.74, 6) is 0. The zero-order valence-corrected chi connectivity index (χ0v) is 13.8. The summed E-state index contributed by atoms with van der Waals surface area (Å²) in [5.41, 5.74) is 1.80. The van der Waals surface area contributed by atoms with Crippen LogP contribution in [0.1, 0.15) is 18.2 Å². The molecule has 3 rings (SSSR count). The molecule has 2 aromatic carbocycles. The number of aromatic nitrogens is 1. The van der Waals surface area contributed by atoms with Gasteiger partial charge >= 0.3 is 6.09 Å². The zero-order valence-electron chi connectivity index (χ0n) is 13.1. The SMILES string of the molecule is CCOC(=O)/N=C(/c1ccc(Cl)cc1)c1cc2ccccc2cn1. The fourth-order valence-corrected chi connectivity index (χ4v) is 2.46. The highest BCUT2D eigenvalue weighted by Crippen LogP contribution is 2.18. The van der Waals surface area contributed by atoms with Gasteiger partial charge < -0.3 is 4.74 Å². The number of nitrogens with zero attached hydrogens (tertiary/aromatic N) is 2. The third-order valence-corrected chi connectivity index (χ3v) is 3.71. The van der Waals surface area contributed by atoms with Gasteiger partial charge in [0.05, 0.1) is 12.3 Å². The summed E-state index contributed by atoms with van der Waals surface area (Å²) in [6, 6.07) is 16.9. The van der Waals surface area contributed by atoms with Gasteiger partial charge in [0.15, 0.2) is 0 Å². The predicted molar refractivity (Wildman–Crippen MR) is 95.9 cm³/mol. The molecule has 0 aliphatic heterocycles. The Morgan fingerprint density at radius 2 is 1.83 bits per heavy atom. The quantitative estimate of drug-likeness (QED) is 0.639. The van der Waals surface area contributed by atoms with Gasteiger partial charge in [-0.3, -0.25) is 4.98 Å². The van der Waals surface area contributed by atoms with Crippen LogP contribution in [0.5, 0.6) is 0 Å². The van der Waals surface area contributed by atoms with Crippen molar-refractivity contribution in [2.24, 2.45) is 4.99 Å². The second-order valence-electron chi connectivity index (χ2n) is 5.08. The first-order valence-corrected chi connectivity index (χ1v) is 7.91. The van der Waals surface area contributed by atoms with Crippen molar-refractivity contribution in [1.82, 2.24) is 4.98 Å². The summed E-state index contributed by atoms with van der Waals surface area (Å²) in [5, 5.41) is 2.65. The van der Waals surface area contributed by atoms with Crippen LogP contribution in [0.4, 0.5) is 4.79 Å². The van der Waals surface area contributed by atoms with E-state index in [9.17, 15) is 4.79 Å². The smallest absolute Gasteiger partial charge is 0.434 e. The van der Waals surface area contributed by atoms with Crippen molar-refractivity contribution in [2.75, 3.05) is 6.61 Å². The maximum absolute atomic E-state index is 11.9. The van der Waals surface area contributed by atoms with Gasteiger partial charge in [-0.15, -0.1) is 0 Å². The summed E-state index contributed by atoms with van der Waals surface area (Å²) in [6.45, 7) is 2.00. The predicted octanol–water partition coefficient (Wildman–Crippen LogP) is 4.88. The van der Waals surface area contributed by atoms with E-state index in [0.717, 1.165) is 16.3 Å². The molecule has 120 valence electrons.